The second kappa shape index (κ2) is 21.1. The minimum absolute atomic E-state index is 0. The molecule has 5 nitrogen and oxygen atoms in total. The van der Waals surface area contributed by atoms with Crippen molar-refractivity contribution >= 4 is 44.6 Å². The SMILES string of the molecule is [2H]c1c([2H])c(-c2c([2H])c(C(C)(C)C)c([2H])c(C(C)(C)C)c2[2H])c([2H])c([2H])c1-c1cc(C(C)(C)C)cc(-c2ccc3c(c2)C(C)(C)CCC3(C)C)c1N1[CH-]N(c2[c-]c(Oc3[c-]c4c(cc3)c3c([2H])c([2H])c([2H])c([2H])c3n4-c3cc(C(C)(C)C)ccn3)ccc2)c2ccccc21.[Pt]. The van der Waals surface area contributed by atoms with Gasteiger partial charge in [0.25, 0.3) is 0 Å². The molecule has 10 aromatic rings. The van der Waals surface area contributed by atoms with Gasteiger partial charge in [-0.25, -0.2) is 4.98 Å². The van der Waals surface area contributed by atoms with Gasteiger partial charge < -0.3 is 19.1 Å². The number of aromatic nitrogens is 2. The van der Waals surface area contributed by atoms with Crippen molar-refractivity contribution < 1.29 is 40.9 Å². The first-order chi connectivity index (χ1) is 43.7. The maximum absolute atomic E-state index is 10.3. The summed E-state index contributed by atoms with van der Waals surface area (Å²) < 4.78 is 114. The van der Waals surface area contributed by atoms with Gasteiger partial charge in [0.1, 0.15) is 5.82 Å². The van der Waals surface area contributed by atoms with Crippen LogP contribution in [0.3, 0.4) is 0 Å². The number of anilines is 4. The molecule has 0 amide bonds. The minimum atomic E-state index is -0.739. The van der Waals surface area contributed by atoms with Gasteiger partial charge in [0, 0.05) is 72.5 Å². The molecule has 1 aliphatic carbocycles. The van der Waals surface area contributed by atoms with E-state index < -0.39 is 28.3 Å². The monoisotopic (exact) mass is 1300 g/mol. The van der Waals surface area contributed by atoms with Crippen molar-refractivity contribution in [2.75, 3.05) is 9.80 Å². The van der Waals surface area contributed by atoms with Crippen molar-refractivity contribution in [2.45, 2.75) is 156 Å². The Morgan fingerprint density at radius 3 is 1.77 bits per heavy atom. The molecular formula is C78H81N4OPt-3. The summed E-state index contributed by atoms with van der Waals surface area (Å²) in [4.78, 5) is 8.83. The summed E-state index contributed by atoms with van der Waals surface area (Å²) in [7, 11) is 0. The van der Waals surface area contributed by atoms with Gasteiger partial charge in [-0.2, -0.15) is 12.1 Å². The van der Waals surface area contributed by atoms with Crippen molar-refractivity contribution in [3.05, 3.63) is 222 Å². The van der Waals surface area contributed by atoms with E-state index in [4.69, 9.17) is 13.8 Å². The van der Waals surface area contributed by atoms with Gasteiger partial charge >= 0.3 is 0 Å². The molecule has 12 rings (SSSR count). The number of hydrogen-bond acceptors (Lipinski definition) is 4. The molecule has 6 heteroatoms. The van der Waals surface area contributed by atoms with Gasteiger partial charge in [-0.05, 0) is 149 Å². The summed E-state index contributed by atoms with van der Waals surface area (Å²) in [6.45, 7) is 35.3. The molecule has 2 aromatic heterocycles. The van der Waals surface area contributed by atoms with Crippen LogP contribution >= 0.6 is 0 Å². The maximum atomic E-state index is 10.3. The van der Waals surface area contributed by atoms with Crippen LogP contribution in [0.25, 0.3) is 61.0 Å². The number of ether oxygens (including phenoxy) is 1. The molecule has 0 N–H and O–H groups in total. The number of rotatable bonds is 8. The largest absolute Gasteiger partial charge is 0.509 e. The third-order valence-electron chi connectivity index (χ3n) is 16.8. The van der Waals surface area contributed by atoms with Crippen LogP contribution in [0.2, 0.25) is 0 Å². The Labute approximate surface area is 530 Å². The summed E-state index contributed by atoms with van der Waals surface area (Å²) in [5.41, 5.74) is 8.10. The summed E-state index contributed by atoms with van der Waals surface area (Å²) in [5, 5.41) is 0.889. The van der Waals surface area contributed by atoms with Gasteiger partial charge in [0.2, 0.25) is 0 Å². The Bertz CT molecular complexity index is 4760. The van der Waals surface area contributed by atoms with Crippen LogP contribution in [0.1, 0.15) is 172 Å². The first-order valence-corrected chi connectivity index (χ1v) is 29.0. The minimum Gasteiger partial charge on any atom is -0.509 e. The van der Waals surface area contributed by atoms with Gasteiger partial charge in [-0.1, -0.05) is 207 Å². The Morgan fingerprint density at radius 1 is 0.524 bits per heavy atom. The number of fused-ring (bicyclic) bond motifs is 5. The molecule has 84 heavy (non-hydrogen) atoms. The molecule has 0 radical (unpaired) electrons. The molecule has 2 aliphatic rings. The average molecular weight is 1300 g/mol. The molecule has 8 aromatic carbocycles. The van der Waals surface area contributed by atoms with Crippen LogP contribution in [-0.2, 0) is 53.6 Å². The smallest absolute Gasteiger partial charge is 0.135 e. The van der Waals surface area contributed by atoms with E-state index in [0.29, 0.717) is 61.7 Å². The van der Waals surface area contributed by atoms with E-state index in [-0.39, 0.29) is 114 Å². The van der Waals surface area contributed by atoms with Gasteiger partial charge in [0.05, 0.1) is 15.1 Å². The second-order valence-electron chi connectivity index (χ2n) is 28.1. The number of nitrogens with zero attached hydrogens (tertiary/aromatic N) is 4. The van der Waals surface area contributed by atoms with Crippen LogP contribution in [0, 0.1) is 18.8 Å². The maximum Gasteiger partial charge on any atom is 0.135 e. The van der Waals surface area contributed by atoms with E-state index in [1.54, 1.807) is 29.0 Å². The third-order valence-corrected chi connectivity index (χ3v) is 16.8. The second-order valence-corrected chi connectivity index (χ2v) is 28.1. The van der Waals surface area contributed by atoms with Crippen LogP contribution in [0.15, 0.2) is 170 Å². The molecule has 0 spiro atoms. The van der Waals surface area contributed by atoms with Gasteiger partial charge in [0.15, 0.2) is 0 Å². The summed E-state index contributed by atoms with van der Waals surface area (Å²) >= 11 is 0. The normalized spacial score (nSPS) is 16.9. The summed E-state index contributed by atoms with van der Waals surface area (Å²) in [6.07, 6.45) is 3.71. The van der Waals surface area contributed by atoms with Crippen LogP contribution in [0.4, 0.5) is 22.7 Å². The fourth-order valence-electron chi connectivity index (χ4n) is 11.6. The van der Waals surface area contributed by atoms with Crippen molar-refractivity contribution in [1.29, 1.82) is 0 Å². The molecule has 0 bridgehead atoms. The van der Waals surface area contributed by atoms with E-state index >= 15 is 0 Å². The van der Waals surface area contributed by atoms with Crippen molar-refractivity contribution in [2.24, 2.45) is 0 Å². The predicted octanol–water partition coefficient (Wildman–Crippen LogP) is 21.5. The first-order valence-electron chi connectivity index (χ1n) is 34.5. The Balaban J connectivity index is 0.00000919. The van der Waals surface area contributed by atoms with E-state index in [1.807, 2.05) is 108 Å². The van der Waals surface area contributed by atoms with E-state index in [9.17, 15) is 11.0 Å². The Morgan fingerprint density at radius 2 is 1.12 bits per heavy atom. The van der Waals surface area contributed by atoms with Crippen LogP contribution in [0.5, 0.6) is 11.5 Å². The number of hydrogen-bond donors (Lipinski definition) is 0. The van der Waals surface area contributed by atoms with E-state index in [0.717, 1.165) is 46.5 Å². The van der Waals surface area contributed by atoms with Gasteiger partial charge in [-0.3, -0.25) is 0 Å². The quantitative estimate of drug-likeness (QED) is 0.142. The van der Waals surface area contributed by atoms with E-state index in [1.165, 1.54) is 11.1 Å². The molecule has 0 saturated carbocycles. The molecule has 0 saturated heterocycles. The fourth-order valence-corrected chi connectivity index (χ4v) is 11.6. The molecular weight excluding hydrogens is 1200 g/mol. The molecule has 0 fully saturated rings. The van der Waals surface area contributed by atoms with Crippen molar-refractivity contribution in [3.63, 3.8) is 0 Å². The van der Waals surface area contributed by atoms with Crippen molar-refractivity contribution in [3.8, 4) is 50.7 Å². The van der Waals surface area contributed by atoms with E-state index in [2.05, 4.69) is 111 Å². The molecule has 0 atom stereocenters. The average Bonchev–Trinajstić information content (AvgIpc) is 1.72. The first kappa shape index (κ1) is 46.1. The zero-order valence-electron chi connectivity index (χ0n) is 62.3. The zero-order chi connectivity index (χ0) is 68.3. The molecule has 3 heterocycles. The van der Waals surface area contributed by atoms with Crippen LogP contribution < -0.4 is 14.5 Å². The van der Waals surface area contributed by atoms with Gasteiger partial charge in [-0.15, -0.1) is 48.1 Å². The number of benzene rings is 8. The summed E-state index contributed by atoms with van der Waals surface area (Å²) in [5.74, 6) is 1.10. The molecule has 432 valence electrons. The van der Waals surface area contributed by atoms with Crippen LogP contribution in [-0.4, -0.2) is 9.55 Å². The topological polar surface area (TPSA) is 33.5 Å². The Kier molecular flexibility index (Phi) is 11.6. The summed E-state index contributed by atoms with van der Waals surface area (Å²) in [6, 6.07) is 36.1. The zero-order valence-corrected chi connectivity index (χ0v) is 53.6. The number of para-hydroxylation sites is 3. The number of pyridine rings is 1. The molecule has 1 aliphatic heterocycles. The Hall–Kier alpha value is -7.20. The fraction of sp³-hybridized carbons (Fsp3) is 0.308. The molecule has 0 unspecified atom stereocenters. The van der Waals surface area contributed by atoms with Crippen molar-refractivity contribution in [1.82, 2.24) is 9.55 Å². The standard InChI is InChI=1S/C78H81N4O.Pt/c1-73(2,3)54-36-39-79-71(46-54)82-67-25-18-17-24-61(67)62-34-33-60(48-70(62)82)83-59-23-21-22-58(47-59)80-49-81(69-27-20-19-26-68(69)80)72-63(51-30-28-50(29-31-51)53-40-55(74(4,5)6)43-56(41-53)75(7,8)9)44-57(76(10,11)12)45-64(72)52-32-35-65-66(42-52)78(15,16)38-37-77(65,13)14;/h17-36,39-46,49H,37-38H2,1-16H3;/q-3;/i17D,18D,24D,25D,28D,29D,30D,31D,40D,41D,43D;. The third kappa shape index (κ3) is 10.8. The predicted molar refractivity (Wildman–Crippen MR) is 351 cm³/mol.